The predicted octanol–water partition coefficient (Wildman–Crippen LogP) is 3.08. The summed E-state index contributed by atoms with van der Waals surface area (Å²) >= 11 is 0. The molecule has 1 saturated heterocycles. The fourth-order valence-electron chi connectivity index (χ4n) is 2.19. The molecule has 0 aromatic heterocycles. The van der Waals surface area contributed by atoms with Gasteiger partial charge in [0.15, 0.2) is 0 Å². The summed E-state index contributed by atoms with van der Waals surface area (Å²) < 4.78 is 18.0. The minimum atomic E-state index is -0.337. The van der Waals surface area contributed by atoms with Crippen LogP contribution in [0.4, 0.5) is 0 Å². The second-order valence-electron chi connectivity index (χ2n) is 6.77. The van der Waals surface area contributed by atoms with Crippen LogP contribution in [-0.4, -0.2) is 24.4 Å². The van der Waals surface area contributed by atoms with Crippen molar-refractivity contribution in [2.75, 3.05) is 0 Å². The number of ether oxygens (including phenoxy) is 1. The fourth-order valence-corrected chi connectivity index (χ4v) is 2.19. The van der Waals surface area contributed by atoms with Crippen LogP contribution >= 0.6 is 0 Å². The van der Waals surface area contributed by atoms with Crippen molar-refractivity contribution < 1.29 is 14.0 Å². The van der Waals surface area contributed by atoms with E-state index in [4.69, 9.17) is 14.0 Å². The largest absolute Gasteiger partial charge is 0.495 e. The van der Waals surface area contributed by atoms with Gasteiger partial charge in [-0.2, -0.15) is 0 Å². The number of rotatable bonds is 3. The normalized spacial score (nSPS) is 20.5. The Balaban J connectivity index is 2.30. The van der Waals surface area contributed by atoms with Gasteiger partial charge in [-0.3, -0.25) is 0 Å². The number of hydrogen-bond donors (Lipinski definition) is 0. The van der Waals surface area contributed by atoms with Crippen molar-refractivity contribution in [3.05, 3.63) is 23.8 Å². The molecule has 1 aliphatic heterocycles. The van der Waals surface area contributed by atoms with Crippen LogP contribution in [0.15, 0.2) is 18.2 Å². The molecule has 0 spiro atoms. The second-order valence-corrected chi connectivity index (χ2v) is 6.77. The molecule has 1 heterocycles. The van der Waals surface area contributed by atoms with E-state index in [1.807, 2.05) is 26.0 Å². The van der Waals surface area contributed by atoms with E-state index in [2.05, 4.69) is 40.7 Å². The third-order valence-corrected chi connectivity index (χ3v) is 4.13. The maximum Gasteiger partial charge on any atom is 0.495 e. The molecule has 3 nitrogen and oxygen atoms in total. The standard InChI is InChI=1S/C16H25BO3/c1-11(2)18-13-9-8-12(3)14(10-13)17-19-15(4,5)16(6,7)20-17/h8-11H,1-7H3. The SMILES string of the molecule is Cc1ccc(OC(C)C)cc1B1OC(C)(C)C(C)(C)O1. The van der Waals surface area contributed by atoms with E-state index in [0.29, 0.717) is 0 Å². The molecular weight excluding hydrogens is 251 g/mol. The molecule has 110 valence electrons. The van der Waals surface area contributed by atoms with Crippen LogP contribution in [0.5, 0.6) is 5.75 Å². The molecule has 2 rings (SSSR count). The number of benzene rings is 1. The van der Waals surface area contributed by atoms with E-state index in [9.17, 15) is 0 Å². The Hall–Kier alpha value is -0.995. The lowest BCUT2D eigenvalue weighted by atomic mass is 9.76. The first-order chi connectivity index (χ1) is 9.12. The van der Waals surface area contributed by atoms with Gasteiger partial charge in [-0.1, -0.05) is 11.6 Å². The quantitative estimate of drug-likeness (QED) is 0.794. The summed E-state index contributed by atoms with van der Waals surface area (Å²) in [4.78, 5) is 0. The Bertz CT molecular complexity index is 478. The smallest absolute Gasteiger partial charge is 0.491 e. The molecule has 1 aliphatic rings. The highest BCUT2D eigenvalue weighted by molar-refractivity contribution is 6.62. The molecule has 4 heteroatoms. The van der Waals surface area contributed by atoms with Gasteiger partial charge >= 0.3 is 7.12 Å². The van der Waals surface area contributed by atoms with E-state index in [-0.39, 0.29) is 24.4 Å². The van der Waals surface area contributed by atoms with E-state index < -0.39 is 0 Å². The fraction of sp³-hybridized carbons (Fsp3) is 0.625. The first-order valence-electron chi connectivity index (χ1n) is 7.25. The van der Waals surface area contributed by atoms with Gasteiger partial charge < -0.3 is 14.0 Å². The molecule has 0 N–H and O–H groups in total. The molecule has 0 aliphatic carbocycles. The minimum Gasteiger partial charge on any atom is -0.491 e. The molecular formula is C16H25BO3. The van der Waals surface area contributed by atoms with E-state index in [0.717, 1.165) is 16.8 Å². The summed E-state index contributed by atoms with van der Waals surface area (Å²) in [5.41, 5.74) is 1.55. The zero-order chi connectivity index (χ0) is 15.1. The van der Waals surface area contributed by atoms with Crippen molar-refractivity contribution >= 4 is 12.6 Å². The maximum absolute atomic E-state index is 6.11. The van der Waals surface area contributed by atoms with Crippen LogP contribution in [0.2, 0.25) is 0 Å². The van der Waals surface area contributed by atoms with Crippen molar-refractivity contribution in [1.29, 1.82) is 0 Å². The average Bonchev–Trinajstić information content (AvgIpc) is 2.50. The lowest BCUT2D eigenvalue weighted by Gasteiger charge is -2.32. The second kappa shape index (κ2) is 5.08. The molecule has 0 atom stereocenters. The molecule has 20 heavy (non-hydrogen) atoms. The first kappa shape index (κ1) is 15.4. The third-order valence-electron chi connectivity index (χ3n) is 4.13. The predicted molar refractivity (Wildman–Crippen MR) is 82.7 cm³/mol. The summed E-state index contributed by atoms with van der Waals surface area (Å²) in [7, 11) is -0.337. The third kappa shape index (κ3) is 2.86. The van der Waals surface area contributed by atoms with E-state index in [1.54, 1.807) is 0 Å². The van der Waals surface area contributed by atoms with Crippen LogP contribution in [0.25, 0.3) is 0 Å². The van der Waals surface area contributed by atoms with Gasteiger partial charge in [-0.05, 0) is 66.1 Å². The van der Waals surface area contributed by atoms with E-state index in [1.165, 1.54) is 0 Å². The van der Waals surface area contributed by atoms with Crippen LogP contribution in [-0.2, 0) is 9.31 Å². The zero-order valence-corrected chi connectivity index (χ0v) is 13.6. The lowest BCUT2D eigenvalue weighted by Crippen LogP contribution is -2.41. The molecule has 0 bridgehead atoms. The number of hydrogen-bond acceptors (Lipinski definition) is 3. The van der Waals surface area contributed by atoms with Gasteiger partial charge in [0.05, 0.1) is 17.3 Å². The highest BCUT2D eigenvalue weighted by Gasteiger charge is 2.52. The summed E-state index contributed by atoms with van der Waals surface area (Å²) in [5, 5.41) is 0. The van der Waals surface area contributed by atoms with Crippen LogP contribution in [0, 0.1) is 6.92 Å². The summed E-state index contributed by atoms with van der Waals surface area (Å²) in [5.74, 6) is 0.857. The first-order valence-corrected chi connectivity index (χ1v) is 7.25. The van der Waals surface area contributed by atoms with Gasteiger partial charge in [0.1, 0.15) is 5.75 Å². The number of aryl methyl sites for hydroxylation is 1. The molecule has 0 saturated carbocycles. The Morgan fingerprint density at radius 2 is 1.60 bits per heavy atom. The average molecular weight is 276 g/mol. The van der Waals surface area contributed by atoms with Crippen molar-refractivity contribution in [2.24, 2.45) is 0 Å². The van der Waals surface area contributed by atoms with Crippen LogP contribution < -0.4 is 10.2 Å². The molecule has 0 unspecified atom stereocenters. The summed E-state index contributed by atoms with van der Waals surface area (Å²) in [6.07, 6.45) is 0.156. The highest BCUT2D eigenvalue weighted by Crippen LogP contribution is 2.36. The van der Waals surface area contributed by atoms with Gasteiger partial charge in [0.25, 0.3) is 0 Å². The maximum atomic E-state index is 6.11. The van der Waals surface area contributed by atoms with Crippen molar-refractivity contribution in [3.63, 3.8) is 0 Å². The van der Waals surface area contributed by atoms with Crippen molar-refractivity contribution in [1.82, 2.24) is 0 Å². The summed E-state index contributed by atoms with van der Waals surface area (Å²) in [6, 6.07) is 6.07. The molecule has 0 radical (unpaired) electrons. The summed E-state index contributed by atoms with van der Waals surface area (Å²) in [6.45, 7) is 14.4. The van der Waals surface area contributed by atoms with Gasteiger partial charge in [-0.25, -0.2) is 0 Å². The minimum absolute atomic E-state index is 0.156. The monoisotopic (exact) mass is 276 g/mol. The molecule has 1 aromatic rings. The van der Waals surface area contributed by atoms with Crippen molar-refractivity contribution in [2.45, 2.75) is 65.8 Å². The van der Waals surface area contributed by atoms with Crippen LogP contribution in [0.1, 0.15) is 47.1 Å². The van der Waals surface area contributed by atoms with Crippen LogP contribution in [0.3, 0.4) is 0 Å². The van der Waals surface area contributed by atoms with Gasteiger partial charge in [-0.15, -0.1) is 0 Å². The van der Waals surface area contributed by atoms with Gasteiger partial charge in [0, 0.05) is 0 Å². The van der Waals surface area contributed by atoms with E-state index >= 15 is 0 Å². The molecule has 1 aromatic carbocycles. The Morgan fingerprint density at radius 3 is 2.10 bits per heavy atom. The lowest BCUT2D eigenvalue weighted by molar-refractivity contribution is 0.00578. The zero-order valence-electron chi connectivity index (χ0n) is 13.6. The Kier molecular flexibility index (Phi) is 3.91. The molecule has 0 amide bonds. The molecule has 1 fully saturated rings. The van der Waals surface area contributed by atoms with Gasteiger partial charge in [0.2, 0.25) is 0 Å². The highest BCUT2D eigenvalue weighted by atomic mass is 16.7. The Labute approximate surface area is 122 Å². The van der Waals surface area contributed by atoms with Crippen molar-refractivity contribution in [3.8, 4) is 5.75 Å². The topological polar surface area (TPSA) is 27.7 Å². The Morgan fingerprint density at radius 1 is 1.05 bits per heavy atom.